The van der Waals surface area contributed by atoms with Crippen LogP contribution in [0.15, 0.2) is 48.5 Å². The van der Waals surface area contributed by atoms with Gasteiger partial charge >= 0.3 is 0 Å². The Hall–Kier alpha value is -2.40. The molecule has 1 saturated heterocycles. The van der Waals surface area contributed by atoms with E-state index in [0.717, 1.165) is 5.69 Å². The van der Waals surface area contributed by atoms with E-state index in [2.05, 4.69) is 5.32 Å². The largest absolute Gasteiger partial charge is 0.351 e. The topological polar surface area (TPSA) is 49.4 Å². The Balaban J connectivity index is 0.00000117. The van der Waals surface area contributed by atoms with Crippen molar-refractivity contribution in [3.8, 4) is 0 Å². The molecule has 1 heterocycles. The summed E-state index contributed by atoms with van der Waals surface area (Å²) in [4.78, 5) is 26.4. The molecule has 6 heteroatoms. The van der Waals surface area contributed by atoms with Crippen LogP contribution in [-0.2, 0) is 16.1 Å². The summed E-state index contributed by atoms with van der Waals surface area (Å²) < 4.78 is 13.3. The second kappa shape index (κ2) is 9.34. The highest BCUT2D eigenvalue weighted by molar-refractivity contribution is 6.30. The molecule has 26 heavy (non-hydrogen) atoms. The van der Waals surface area contributed by atoms with E-state index < -0.39 is 11.7 Å². The maximum atomic E-state index is 13.3. The summed E-state index contributed by atoms with van der Waals surface area (Å²) >= 11 is 5.79. The second-order valence-electron chi connectivity index (χ2n) is 5.66. The number of benzene rings is 2. The highest BCUT2D eigenvalue weighted by Crippen LogP contribution is 2.25. The van der Waals surface area contributed by atoms with E-state index >= 15 is 0 Å². The van der Waals surface area contributed by atoms with Gasteiger partial charge in [0.1, 0.15) is 11.7 Å². The first-order valence-corrected chi connectivity index (χ1v) is 9.01. The minimum atomic E-state index is -0.714. The molecule has 138 valence electrons. The highest BCUT2D eigenvalue weighted by atomic mass is 35.5. The van der Waals surface area contributed by atoms with Crippen molar-refractivity contribution in [1.82, 2.24) is 5.32 Å². The Morgan fingerprint density at radius 2 is 1.92 bits per heavy atom. The third kappa shape index (κ3) is 4.82. The van der Waals surface area contributed by atoms with Gasteiger partial charge in [-0.15, -0.1) is 0 Å². The average Bonchev–Trinajstić information content (AvgIpc) is 3.03. The monoisotopic (exact) mass is 376 g/mol. The molecule has 3 rings (SSSR count). The zero-order chi connectivity index (χ0) is 19.1. The Bertz CT molecular complexity index is 747. The van der Waals surface area contributed by atoms with Crippen LogP contribution >= 0.6 is 11.6 Å². The van der Waals surface area contributed by atoms with E-state index in [1.54, 1.807) is 11.0 Å². The maximum absolute atomic E-state index is 13.3. The smallest absolute Gasteiger partial charge is 0.239 e. The van der Waals surface area contributed by atoms with Crippen LogP contribution in [0.3, 0.4) is 0 Å². The average molecular weight is 377 g/mol. The summed E-state index contributed by atoms with van der Waals surface area (Å²) in [5.74, 6) is -1.73. The van der Waals surface area contributed by atoms with Crippen molar-refractivity contribution >= 4 is 29.1 Å². The molecular weight excluding hydrogens is 355 g/mol. The summed E-state index contributed by atoms with van der Waals surface area (Å²) in [7, 11) is 0. The van der Waals surface area contributed by atoms with E-state index in [1.165, 1.54) is 12.1 Å². The first-order chi connectivity index (χ1) is 12.5. The maximum Gasteiger partial charge on any atom is 0.239 e. The first kappa shape index (κ1) is 19.9. The predicted molar refractivity (Wildman–Crippen MR) is 102 cm³/mol. The van der Waals surface area contributed by atoms with Gasteiger partial charge in [-0.05, 0) is 42.3 Å². The predicted octanol–water partition coefficient (Wildman–Crippen LogP) is 4.17. The molecule has 4 nitrogen and oxygen atoms in total. The van der Waals surface area contributed by atoms with E-state index in [0.29, 0.717) is 18.5 Å². The lowest BCUT2D eigenvalue weighted by Gasteiger charge is -2.16. The number of para-hydroxylation sites is 1. The molecule has 1 fully saturated rings. The number of rotatable bonds is 4. The van der Waals surface area contributed by atoms with Crippen molar-refractivity contribution in [3.63, 3.8) is 0 Å². The summed E-state index contributed by atoms with van der Waals surface area (Å²) in [6, 6.07) is 13.3. The molecule has 2 aromatic carbocycles. The summed E-state index contributed by atoms with van der Waals surface area (Å²) in [5.41, 5.74) is 1.34. The van der Waals surface area contributed by atoms with Gasteiger partial charge in [0.2, 0.25) is 11.8 Å². The molecule has 1 aliphatic rings. The van der Waals surface area contributed by atoms with Crippen LogP contribution in [0.2, 0.25) is 5.02 Å². The number of hydrogen-bond acceptors (Lipinski definition) is 2. The number of carbonyl (C=O) groups excluding carboxylic acids is 2. The highest BCUT2D eigenvalue weighted by Gasteiger charge is 2.37. The Morgan fingerprint density at radius 3 is 2.58 bits per heavy atom. The summed E-state index contributed by atoms with van der Waals surface area (Å²) in [6.07, 6.45) is 0.462. The van der Waals surface area contributed by atoms with Gasteiger partial charge in [0, 0.05) is 23.8 Å². The number of nitrogens with one attached hydrogen (secondary N) is 1. The van der Waals surface area contributed by atoms with Gasteiger partial charge in [0.25, 0.3) is 0 Å². The van der Waals surface area contributed by atoms with Crippen LogP contribution in [0.5, 0.6) is 0 Å². The molecule has 2 aromatic rings. The third-order valence-corrected chi connectivity index (χ3v) is 4.20. The quantitative estimate of drug-likeness (QED) is 0.814. The molecular formula is C20H22ClFN2O2. The van der Waals surface area contributed by atoms with Crippen LogP contribution in [0.25, 0.3) is 0 Å². The molecule has 1 N–H and O–H groups in total. The molecule has 0 bridgehead atoms. The normalized spacial score (nSPS) is 16.1. The van der Waals surface area contributed by atoms with Gasteiger partial charge in [0.05, 0.1) is 0 Å². The number of nitrogens with zero attached hydrogens (tertiary/aromatic N) is 1. The standard InChI is InChI=1S/C18H16ClFN2O2.C2H6/c19-13-8-12(9-14(20)10-13)11-21-17(23)16-6-7-22(18(16)24)15-4-2-1-3-5-15;1-2/h1-5,8-10,16H,6-7,11H2,(H,21,23);1-2H3. The lowest BCUT2D eigenvalue weighted by molar-refractivity contribution is -0.132. The minimum Gasteiger partial charge on any atom is -0.351 e. The van der Waals surface area contributed by atoms with Crippen molar-refractivity contribution in [2.75, 3.05) is 11.4 Å². The molecule has 0 aliphatic carbocycles. The lowest BCUT2D eigenvalue weighted by atomic mass is 10.1. The fourth-order valence-electron chi connectivity index (χ4n) is 2.81. The molecule has 0 radical (unpaired) electrons. The van der Waals surface area contributed by atoms with Crippen molar-refractivity contribution in [2.24, 2.45) is 5.92 Å². The molecule has 0 saturated carbocycles. The SMILES string of the molecule is CC.O=C(NCc1cc(F)cc(Cl)c1)C1CCN(c2ccccc2)C1=O. The van der Waals surface area contributed by atoms with Crippen molar-refractivity contribution in [2.45, 2.75) is 26.8 Å². The number of halogens is 2. The molecule has 2 amide bonds. The number of anilines is 1. The van der Waals surface area contributed by atoms with E-state index in [4.69, 9.17) is 11.6 Å². The third-order valence-electron chi connectivity index (χ3n) is 3.98. The van der Waals surface area contributed by atoms with Gasteiger partial charge in [-0.25, -0.2) is 4.39 Å². The zero-order valence-corrected chi connectivity index (χ0v) is 15.6. The van der Waals surface area contributed by atoms with Crippen molar-refractivity contribution < 1.29 is 14.0 Å². The fraction of sp³-hybridized carbons (Fsp3) is 0.300. The van der Waals surface area contributed by atoms with Gasteiger partial charge in [0.15, 0.2) is 0 Å². The van der Waals surface area contributed by atoms with Gasteiger partial charge in [-0.2, -0.15) is 0 Å². The number of carbonyl (C=O) groups is 2. The fourth-order valence-corrected chi connectivity index (χ4v) is 3.06. The first-order valence-electron chi connectivity index (χ1n) is 8.64. The molecule has 1 aliphatic heterocycles. The molecule has 1 atom stereocenters. The van der Waals surface area contributed by atoms with Crippen LogP contribution in [-0.4, -0.2) is 18.4 Å². The molecule has 0 aromatic heterocycles. The summed E-state index contributed by atoms with van der Waals surface area (Å²) in [5, 5.41) is 2.96. The van der Waals surface area contributed by atoms with Crippen LogP contribution in [0.4, 0.5) is 10.1 Å². The van der Waals surface area contributed by atoms with E-state index in [1.807, 2.05) is 44.2 Å². The van der Waals surface area contributed by atoms with Crippen LogP contribution in [0, 0.1) is 11.7 Å². The Kier molecular flexibility index (Phi) is 7.16. The Morgan fingerprint density at radius 1 is 1.23 bits per heavy atom. The lowest BCUT2D eigenvalue weighted by Crippen LogP contribution is -2.36. The van der Waals surface area contributed by atoms with Crippen molar-refractivity contribution in [3.05, 3.63) is 64.9 Å². The minimum absolute atomic E-state index is 0.130. The van der Waals surface area contributed by atoms with Crippen LogP contribution in [0.1, 0.15) is 25.8 Å². The summed E-state index contributed by atoms with van der Waals surface area (Å²) in [6.45, 7) is 4.64. The van der Waals surface area contributed by atoms with Gasteiger partial charge in [-0.1, -0.05) is 43.6 Å². The van der Waals surface area contributed by atoms with Crippen molar-refractivity contribution in [1.29, 1.82) is 0 Å². The number of hydrogen-bond donors (Lipinski definition) is 1. The van der Waals surface area contributed by atoms with E-state index in [9.17, 15) is 14.0 Å². The number of amides is 2. The molecule has 1 unspecified atom stereocenters. The second-order valence-corrected chi connectivity index (χ2v) is 6.10. The molecule has 0 spiro atoms. The van der Waals surface area contributed by atoms with Gasteiger partial charge in [-0.3, -0.25) is 9.59 Å². The Labute approximate surface area is 158 Å². The zero-order valence-electron chi connectivity index (χ0n) is 14.8. The van der Waals surface area contributed by atoms with Gasteiger partial charge < -0.3 is 10.2 Å². The van der Waals surface area contributed by atoms with Crippen LogP contribution < -0.4 is 10.2 Å². The van der Waals surface area contributed by atoms with E-state index in [-0.39, 0.29) is 23.4 Å².